The predicted molar refractivity (Wildman–Crippen MR) is 77.2 cm³/mol. The molecule has 0 saturated heterocycles. The minimum Gasteiger partial charge on any atom is -0.395 e. The molecule has 1 aromatic carbocycles. The lowest BCUT2D eigenvalue weighted by Crippen LogP contribution is -2.31. The molecule has 0 fully saturated rings. The van der Waals surface area contributed by atoms with Crippen LogP contribution in [0.25, 0.3) is 0 Å². The molecule has 20 heavy (non-hydrogen) atoms. The fraction of sp³-hybridized carbons (Fsp3) is 0.333. The molecule has 1 amide bonds. The van der Waals surface area contributed by atoms with Gasteiger partial charge in [0.2, 0.25) is 0 Å². The molecule has 0 radical (unpaired) electrons. The number of hydrogen-bond donors (Lipinski definition) is 2. The number of nitrogens with one attached hydrogen (secondary N) is 1. The highest BCUT2D eigenvalue weighted by Crippen LogP contribution is 2.21. The zero-order chi connectivity index (χ0) is 14.1. The number of nitrogens with zero attached hydrogens (tertiary/aromatic N) is 2. The van der Waals surface area contributed by atoms with Crippen molar-refractivity contribution in [3.63, 3.8) is 0 Å². The number of H-pyrrole nitrogens is 1. The van der Waals surface area contributed by atoms with Crippen LogP contribution in [0, 0.1) is 6.92 Å². The van der Waals surface area contributed by atoms with Crippen LogP contribution in [0.3, 0.4) is 0 Å². The maximum atomic E-state index is 12.6. The third-order valence-corrected chi connectivity index (χ3v) is 3.84. The molecule has 2 aromatic rings. The van der Waals surface area contributed by atoms with Crippen molar-refractivity contribution in [2.24, 2.45) is 0 Å². The van der Waals surface area contributed by atoms with Crippen LogP contribution in [-0.2, 0) is 13.0 Å². The highest BCUT2D eigenvalue weighted by Gasteiger charge is 2.24. The van der Waals surface area contributed by atoms with Crippen LogP contribution in [0.4, 0.5) is 5.69 Å². The van der Waals surface area contributed by atoms with Crippen LogP contribution >= 0.6 is 0 Å². The summed E-state index contributed by atoms with van der Waals surface area (Å²) in [4.78, 5) is 14.4. The Hall–Kier alpha value is -2.30. The Bertz CT molecular complexity index is 647. The minimum atomic E-state index is -0.0939. The van der Waals surface area contributed by atoms with Crippen molar-refractivity contribution in [2.75, 3.05) is 12.3 Å². The van der Waals surface area contributed by atoms with Crippen LogP contribution in [0.5, 0.6) is 0 Å². The second-order valence-corrected chi connectivity index (χ2v) is 5.21. The second-order valence-electron chi connectivity index (χ2n) is 5.21. The Kier molecular flexibility index (Phi) is 3.18. The quantitative estimate of drug-likeness (QED) is 0.831. The molecule has 0 bridgehead atoms. The summed E-state index contributed by atoms with van der Waals surface area (Å²) in [5, 5.41) is 6.80. The lowest BCUT2D eigenvalue weighted by Gasteiger charge is -2.20. The van der Waals surface area contributed by atoms with Crippen molar-refractivity contribution < 1.29 is 4.79 Å². The summed E-state index contributed by atoms with van der Waals surface area (Å²) < 4.78 is 0. The summed E-state index contributed by atoms with van der Waals surface area (Å²) in [6.45, 7) is 3.18. The molecule has 3 rings (SSSR count). The Labute approximate surface area is 117 Å². The molecular weight excluding hydrogens is 252 g/mol. The van der Waals surface area contributed by atoms with Crippen molar-refractivity contribution in [1.29, 1.82) is 0 Å². The summed E-state index contributed by atoms with van der Waals surface area (Å²) in [5.74, 6) is -0.0939. The predicted octanol–water partition coefficient (Wildman–Crippen LogP) is 1.89. The van der Waals surface area contributed by atoms with E-state index >= 15 is 0 Å². The zero-order valence-corrected chi connectivity index (χ0v) is 11.5. The third-order valence-electron chi connectivity index (χ3n) is 3.84. The number of nitrogen functional groups attached to an aromatic ring is 1. The van der Waals surface area contributed by atoms with Crippen molar-refractivity contribution in [2.45, 2.75) is 26.3 Å². The summed E-state index contributed by atoms with van der Waals surface area (Å²) >= 11 is 0. The van der Waals surface area contributed by atoms with E-state index in [9.17, 15) is 4.79 Å². The monoisotopic (exact) mass is 270 g/mol. The highest BCUT2D eigenvalue weighted by atomic mass is 16.2. The molecule has 5 heteroatoms. The number of fused-ring (bicyclic) bond motifs is 1. The Morgan fingerprint density at radius 1 is 1.35 bits per heavy atom. The topological polar surface area (TPSA) is 75.0 Å². The molecule has 1 aromatic heterocycles. The Morgan fingerprint density at radius 3 is 2.80 bits per heavy atom. The molecule has 1 aliphatic heterocycles. The van der Waals surface area contributed by atoms with Gasteiger partial charge in [0.25, 0.3) is 5.91 Å². The lowest BCUT2D eigenvalue weighted by atomic mass is 10.0. The van der Waals surface area contributed by atoms with E-state index in [-0.39, 0.29) is 5.91 Å². The third kappa shape index (κ3) is 2.15. The number of benzene rings is 1. The SMILES string of the molecule is Cc1[nH]nc(C(=O)N2CCCc3ccccc3C2)c1N. The molecule has 1 aliphatic rings. The molecule has 0 spiro atoms. The molecule has 0 unspecified atom stereocenters. The van der Waals surface area contributed by atoms with Crippen molar-refractivity contribution in [3.8, 4) is 0 Å². The number of aryl methyl sites for hydroxylation is 2. The molecular formula is C15H18N4O. The molecule has 0 saturated carbocycles. The standard InChI is InChI=1S/C15H18N4O/c1-10-13(16)14(18-17-10)15(20)19-8-4-7-11-5-2-3-6-12(11)9-19/h2-3,5-6H,4,7-9,16H2,1H3,(H,17,18). The van der Waals surface area contributed by atoms with Crippen molar-refractivity contribution in [3.05, 3.63) is 46.8 Å². The van der Waals surface area contributed by atoms with E-state index in [4.69, 9.17) is 5.73 Å². The second kappa shape index (κ2) is 5.00. The molecule has 5 nitrogen and oxygen atoms in total. The highest BCUT2D eigenvalue weighted by molar-refractivity contribution is 5.97. The van der Waals surface area contributed by atoms with Gasteiger partial charge >= 0.3 is 0 Å². The van der Waals surface area contributed by atoms with Gasteiger partial charge in [-0.2, -0.15) is 5.10 Å². The average molecular weight is 270 g/mol. The van der Waals surface area contributed by atoms with E-state index in [0.717, 1.165) is 25.1 Å². The van der Waals surface area contributed by atoms with Crippen LogP contribution in [0.2, 0.25) is 0 Å². The summed E-state index contributed by atoms with van der Waals surface area (Å²) in [7, 11) is 0. The van der Waals surface area contributed by atoms with Gasteiger partial charge in [0.05, 0.1) is 11.4 Å². The fourth-order valence-electron chi connectivity index (χ4n) is 2.62. The number of carbonyl (C=O) groups is 1. The van der Waals surface area contributed by atoms with E-state index in [1.807, 2.05) is 24.0 Å². The van der Waals surface area contributed by atoms with Crippen LogP contribution in [0.1, 0.15) is 33.7 Å². The van der Waals surface area contributed by atoms with Crippen molar-refractivity contribution in [1.82, 2.24) is 15.1 Å². The maximum absolute atomic E-state index is 12.6. The summed E-state index contributed by atoms with van der Waals surface area (Å²) in [6.07, 6.45) is 1.97. The van der Waals surface area contributed by atoms with Gasteiger partial charge in [-0.25, -0.2) is 0 Å². The number of aromatic amines is 1. The number of nitrogens with two attached hydrogens (primary N) is 1. The van der Waals surface area contributed by atoms with Crippen LogP contribution < -0.4 is 5.73 Å². The van der Waals surface area contributed by atoms with Gasteiger partial charge in [-0.05, 0) is 30.9 Å². The van der Waals surface area contributed by atoms with Gasteiger partial charge in [-0.3, -0.25) is 9.89 Å². The van der Waals surface area contributed by atoms with Crippen LogP contribution in [0.15, 0.2) is 24.3 Å². The summed E-state index contributed by atoms with van der Waals surface area (Å²) in [6, 6.07) is 8.28. The molecule has 3 N–H and O–H groups in total. The Morgan fingerprint density at radius 2 is 2.10 bits per heavy atom. The van der Waals surface area contributed by atoms with Gasteiger partial charge < -0.3 is 10.6 Å². The van der Waals surface area contributed by atoms with E-state index in [1.165, 1.54) is 11.1 Å². The summed E-state index contributed by atoms with van der Waals surface area (Å²) in [5.41, 5.74) is 9.97. The van der Waals surface area contributed by atoms with Crippen molar-refractivity contribution >= 4 is 11.6 Å². The van der Waals surface area contributed by atoms with Gasteiger partial charge in [0.15, 0.2) is 5.69 Å². The molecule has 104 valence electrons. The van der Waals surface area contributed by atoms with E-state index in [1.54, 1.807) is 0 Å². The lowest BCUT2D eigenvalue weighted by molar-refractivity contribution is 0.0741. The molecule has 0 aliphatic carbocycles. The first kappa shape index (κ1) is 12.7. The number of rotatable bonds is 1. The van der Waals surface area contributed by atoms with Crippen LogP contribution in [-0.4, -0.2) is 27.5 Å². The number of amides is 1. The van der Waals surface area contributed by atoms with Gasteiger partial charge in [-0.15, -0.1) is 0 Å². The number of anilines is 1. The molecule has 2 heterocycles. The number of hydrogen-bond acceptors (Lipinski definition) is 3. The fourth-order valence-corrected chi connectivity index (χ4v) is 2.62. The normalized spacial score (nSPS) is 14.8. The van der Waals surface area contributed by atoms with E-state index < -0.39 is 0 Å². The minimum absolute atomic E-state index is 0.0939. The van der Waals surface area contributed by atoms with Gasteiger partial charge in [0, 0.05) is 13.1 Å². The first-order valence-corrected chi connectivity index (χ1v) is 6.83. The van der Waals surface area contributed by atoms with Gasteiger partial charge in [0.1, 0.15) is 0 Å². The molecule has 0 atom stereocenters. The zero-order valence-electron chi connectivity index (χ0n) is 11.5. The maximum Gasteiger partial charge on any atom is 0.276 e. The first-order chi connectivity index (χ1) is 9.66. The average Bonchev–Trinajstić information content (AvgIpc) is 2.67. The first-order valence-electron chi connectivity index (χ1n) is 6.83. The largest absolute Gasteiger partial charge is 0.395 e. The smallest absolute Gasteiger partial charge is 0.276 e. The van der Waals surface area contributed by atoms with E-state index in [2.05, 4.69) is 22.3 Å². The van der Waals surface area contributed by atoms with E-state index in [0.29, 0.717) is 17.9 Å². The number of aromatic nitrogens is 2. The van der Waals surface area contributed by atoms with Gasteiger partial charge in [-0.1, -0.05) is 24.3 Å². The number of carbonyl (C=O) groups excluding carboxylic acids is 1. The Balaban J connectivity index is 1.88.